The first-order chi connectivity index (χ1) is 6.52. The van der Waals surface area contributed by atoms with Crippen LogP contribution in [0.25, 0.3) is 0 Å². The minimum atomic E-state index is -0.382. The molecule has 2 fully saturated rings. The molecule has 1 saturated heterocycles. The molecule has 1 saturated carbocycles. The quantitative estimate of drug-likeness (QED) is 0.701. The van der Waals surface area contributed by atoms with Gasteiger partial charge in [0.1, 0.15) is 0 Å². The van der Waals surface area contributed by atoms with E-state index in [1.54, 1.807) is 0 Å². The summed E-state index contributed by atoms with van der Waals surface area (Å²) in [5.41, 5.74) is -0.0413. The van der Waals surface area contributed by atoms with Crippen molar-refractivity contribution in [2.45, 2.75) is 51.6 Å². The zero-order valence-corrected chi connectivity index (χ0v) is 9.38. The molecule has 0 aromatic heterocycles. The van der Waals surface area contributed by atoms with Gasteiger partial charge in [0.15, 0.2) is 0 Å². The highest BCUT2D eigenvalue weighted by Crippen LogP contribution is 2.49. The van der Waals surface area contributed by atoms with Crippen molar-refractivity contribution in [2.75, 3.05) is 13.2 Å². The molecule has 1 aliphatic carbocycles. The molecular weight excluding hydrogens is 176 g/mol. The third-order valence-corrected chi connectivity index (χ3v) is 4.00. The van der Waals surface area contributed by atoms with Crippen LogP contribution in [0.3, 0.4) is 0 Å². The van der Waals surface area contributed by atoms with Gasteiger partial charge >= 0.3 is 0 Å². The third-order valence-electron chi connectivity index (χ3n) is 4.00. The first kappa shape index (κ1) is 10.4. The van der Waals surface area contributed by atoms with Crippen LogP contribution in [0.15, 0.2) is 0 Å². The Morgan fingerprint density at radius 3 is 2.29 bits per heavy atom. The molecule has 1 atom stereocenters. The van der Waals surface area contributed by atoms with Crippen LogP contribution in [0.1, 0.15) is 46.0 Å². The van der Waals surface area contributed by atoms with Crippen LogP contribution in [-0.4, -0.2) is 23.9 Å². The van der Waals surface area contributed by atoms with Crippen molar-refractivity contribution in [3.05, 3.63) is 0 Å². The second-order valence-electron chi connectivity index (χ2n) is 5.83. The largest absolute Gasteiger partial charge is 0.390 e. The number of rotatable bonds is 1. The smallest absolute Gasteiger partial charge is 0.0682 e. The Balaban J connectivity index is 2.01. The fourth-order valence-corrected chi connectivity index (χ4v) is 3.14. The van der Waals surface area contributed by atoms with E-state index in [4.69, 9.17) is 4.74 Å². The normalized spacial score (nSPS) is 38.8. The molecule has 82 valence electrons. The lowest BCUT2D eigenvalue weighted by atomic mass is 9.78. The molecule has 2 heteroatoms. The van der Waals surface area contributed by atoms with Crippen molar-refractivity contribution in [2.24, 2.45) is 11.3 Å². The molecule has 2 nitrogen and oxygen atoms in total. The number of hydrogen-bond donors (Lipinski definition) is 1. The topological polar surface area (TPSA) is 29.5 Å². The second-order valence-corrected chi connectivity index (χ2v) is 5.83. The molecule has 0 amide bonds. The van der Waals surface area contributed by atoms with Crippen molar-refractivity contribution in [3.63, 3.8) is 0 Å². The summed E-state index contributed by atoms with van der Waals surface area (Å²) in [4.78, 5) is 0. The Hall–Kier alpha value is -0.0800. The molecule has 0 aromatic carbocycles. The highest BCUT2D eigenvalue weighted by Gasteiger charge is 2.46. The Labute approximate surface area is 86.6 Å². The first-order valence-electron chi connectivity index (χ1n) is 5.82. The van der Waals surface area contributed by atoms with E-state index < -0.39 is 0 Å². The van der Waals surface area contributed by atoms with E-state index in [9.17, 15) is 5.11 Å². The minimum absolute atomic E-state index is 0.340. The second kappa shape index (κ2) is 3.49. The maximum Gasteiger partial charge on any atom is 0.0682 e. The standard InChI is InChI=1S/C12H22O2/c1-11(2)5-6-12(13,9-11)10-3-7-14-8-4-10/h10,13H,3-9H2,1-2H3. The van der Waals surface area contributed by atoms with Crippen LogP contribution in [0.4, 0.5) is 0 Å². The van der Waals surface area contributed by atoms with Gasteiger partial charge in [-0.25, -0.2) is 0 Å². The fraction of sp³-hybridized carbons (Fsp3) is 1.00. The van der Waals surface area contributed by atoms with Gasteiger partial charge < -0.3 is 9.84 Å². The SMILES string of the molecule is CC1(C)CCC(O)(C2CCOCC2)C1. The van der Waals surface area contributed by atoms with E-state index in [0.29, 0.717) is 11.3 Å². The van der Waals surface area contributed by atoms with E-state index in [1.165, 1.54) is 6.42 Å². The molecule has 1 aliphatic heterocycles. The first-order valence-corrected chi connectivity index (χ1v) is 5.82. The predicted molar refractivity (Wildman–Crippen MR) is 56.1 cm³/mol. The van der Waals surface area contributed by atoms with Gasteiger partial charge in [-0.15, -0.1) is 0 Å². The predicted octanol–water partition coefficient (Wildman–Crippen LogP) is 2.35. The molecule has 0 radical (unpaired) electrons. The molecule has 0 bridgehead atoms. The summed E-state index contributed by atoms with van der Waals surface area (Å²) >= 11 is 0. The highest BCUT2D eigenvalue weighted by atomic mass is 16.5. The number of hydrogen-bond acceptors (Lipinski definition) is 2. The van der Waals surface area contributed by atoms with Crippen molar-refractivity contribution in [1.29, 1.82) is 0 Å². The number of aliphatic hydroxyl groups is 1. The third kappa shape index (κ3) is 1.96. The lowest BCUT2D eigenvalue weighted by Crippen LogP contribution is -2.39. The van der Waals surface area contributed by atoms with Crippen LogP contribution in [-0.2, 0) is 4.74 Å². The van der Waals surface area contributed by atoms with E-state index in [1.807, 2.05) is 0 Å². The lowest BCUT2D eigenvalue weighted by Gasteiger charge is -2.36. The van der Waals surface area contributed by atoms with Gasteiger partial charge in [-0.3, -0.25) is 0 Å². The molecule has 1 N–H and O–H groups in total. The summed E-state index contributed by atoms with van der Waals surface area (Å²) in [6.45, 7) is 6.22. The highest BCUT2D eigenvalue weighted by molar-refractivity contribution is 4.98. The summed E-state index contributed by atoms with van der Waals surface area (Å²) in [6.07, 6.45) is 5.23. The minimum Gasteiger partial charge on any atom is -0.390 e. The molecule has 14 heavy (non-hydrogen) atoms. The molecule has 1 unspecified atom stereocenters. The maximum atomic E-state index is 10.6. The summed E-state index contributed by atoms with van der Waals surface area (Å²) in [5, 5.41) is 10.6. The average Bonchev–Trinajstić information content (AvgIpc) is 2.44. The van der Waals surface area contributed by atoms with Crippen molar-refractivity contribution in [1.82, 2.24) is 0 Å². The van der Waals surface area contributed by atoms with E-state index in [-0.39, 0.29) is 5.60 Å². The molecule has 2 rings (SSSR count). The van der Waals surface area contributed by atoms with Crippen LogP contribution >= 0.6 is 0 Å². The van der Waals surface area contributed by atoms with Gasteiger partial charge in [-0.2, -0.15) is 0 Å². The van der Waals surface area contributed by atoms with Crippen LogP contribution in [0, 0.1) is 11.3 Å². The molecule has 0 aromatic rings. The van der Waals surface area contributed by atoms with Crippen molar-refractivity contribution >= 4 is 0 Å². The van der Waals surface area contributed by atoms with Gasteiger partial charge in [0.25, 0.3) is 0 Å². The zero-order chi connectivity index (χ0) is 10.2. The Morgan fingerprint density at radius 2 is 1.79 bits per heavy atom. The van der Waals surface area contributed by atoms with E-state index in [0.717, 1.165) is 38.9 Å². The van der Waals surface area contributed by atoms with Gasteiger partial charge in [-0.05, 0) is 43.4 Å². The fourth-order valence-electron chi connectivity index (χ4n) is 3.14. The van der Waals surface area contributed by atoms with Crippen LogP contribution in [0.5, 0.6) is 0 Å². The van der Waals surface area contributed by atoms with Crippen molar-refractivity contribution in [3.8, 4) is 0 Å². The lowest BCUT2D eigenvalue weighted by molar-refractivity contribution is -0.0660. The molecular formula is C12H22O2. The van der Waals surface area contributed by atoms with Gasteiger partial charge in [0.2, 0.25) is 0 Å². The summed E-state index contributed by atoms with van der Waals surface area (Å²) in [6, 6.07) is 0. The summed E-state index contributed by atoms with van der Waals surface area (Å²) < 4.78 is 5.35. The van der Waals surface area contributed by atoms with Gasteiger partial charge in [0, 0.05) is 13.2 Å². The monoisotopic (exact) mass is 198 g/mol. The number of ether oxygens (including phenoxy) is 1. The molecule has 0 spiro atoms. The molecule has 1 heterocycles. The van der Waals surface area contributed by atoms with E-state index >= 15 is 0 Å². The maximum absolute atomic E-state index is 10.6. The average molecular weight is 198 g/mol. The Kier molecular flexibility index (Phi) is 2.61. The van der Waals surface area contributed by atoms with Gasteiger partial charge in [0.05, 0.1) is 5.60 Å². The summed E-state index contributed by atoms with van der Waals surface area (Å²) in [5.74, 6) is 0.484. The van der Waals surface area contributed by atoms with Crippen LogP contribution < -0.4 is 0 Å². The zero-order valence-electron chi connectivity index (χ0n) is 9.38. The molecule has 2 aliphatic rings. The van der Waals surface area contributed by atoms with Crippen LogP contribution in [0.2, 0.25) is 0 Å². The van der Waals surface area contributed by atoms with Crippen molar-refractivity contribution < 1.29 is 9.84 Å². The van der Waals surface area contributed by atoms with Gasteiger partial charge in [-0.1, -0.05) is 13.8 Å². The Bertz CT molecular complexity index is 206. The Morgan fingerprint density at radius 1 is 1.14 bits per heavy atom. The summed E-state index contributed by atoms with van der Waals surface area (Å²) in [7, 11) is 0. The van der Waals surface area contributed by atoms with E-state index in [2.05, 4.69) is 13.8 Å².